The molecule has 8 nitrogen and oxygen atoms in total. The van der Waals surface area contributed by atoms with Crippen molar-refractivity contribution in [1.29, 1.82) is 0 Å². The average molecular weight is 667 g/mol. The molecule has 0 saturated heterocycles. The third kappa shape index (κ3) is 8.70. The first-order valence-corrected chi connectivity index (χ1v) is 16.5. The largest absolute Gasteiger partial charge is 0.534 e. The monoisotopic (exact) mass is 666 g/mol. The van der Waals surface area contributed by atoms with Gasteiger partial charge >= 0.3 is 15.6 Å². The highest BCUT2D eigenvalue weighted by atomic mass is 32.2. The van der Waals surface area contributed by atoms with Crippen LogP contribution in [0.4, 0.5) is 22.0 Å². The molecule has 2 aromatic carbocycles. The van der Waals surface area contributed by atoms with Gasteiger partial charge in [0.15, 0.2) is 23.1 Å². The number of hydrogen-bond donors (Lipinski definition) is 1. The van der Waals surface area contributed by atoms with Gasteiger partial charge in [0.2, 0.25) is 0 Å². The molecule has 14 heteroatoms. The Balaban J connectivity index is 0.000000257. The van der Waals surface area contributed by atoms with Crippen LogP contribution in [0.5, 0.6) is 23.0 Å². The molecule has 0 unspecified atom stereocenters. The van der Waals surface area contributed by atoms with Gasteiger partial charge in [0, 0.05) is 35.3 Å². The smallest absolute Gasteiger partial charge is 0.508 e. The third-order valence-electron chi connectivity index (χ3n) is 7.79. The highest BCUT2D eigenvalue weighted by Gasteiger charge is 2.49. The molecule has 2 atom stereocenters. The SMILES string of the molecule is CCCN(C(C)C)[C@H]1COc2c(F)ccc(O)c2C1.CCCN(C(C)C)[C@H]1COc2c(F)ccc(OS(=O)(=O)C(F)(F)F)c2C1. The van der Waals surface area contributed by atoms with E-state index >= 15 is 0 Å². The Labute approximate surface area is 262 Å². The summed E-state index contributed by atoms with van der Waals surface area (Å²) < 4.78 is 103. The summed E-state index contributed by atoms with van der Waals surface area (Å²) in [4.78, 5) is 4.43. The summed E-state index contributed by atoms with van der Waals surface area (Å²) in [7, 11) is -5.85. The van der Waals surface area contributed by atoms with Crippen LogP contribution in [0.15, 0.2) is 24.3 Å². The van der Waals surface area contributed by atoms with Gasteiger partial charge in [0.25, 0.3) is 0 Å². The number of alkyl halides is 3. The summed E-state index contributed by atoms with van der Waals surface area (Å²) in [6.45, 7) is 14.7. The Morgan fingerprint density at radius 3 is 1.73 bits per heavy atom. The number of nitrogens with zero attached hydrogens (tertiary/aromatic N) is 2. The van der Waals surface area contributed by atoms with Crippen LogP contribution in [0.1, 0.15) is 65.5 Å². The van der Waals surface area contributed by atoms with Gasteiger partial charge in [-0.3, -0.25) is 9.80 Å². The predicted molar refractivity (Wildman–Crippen MR) is 160 cm³/mol. The molecule has 0 aromatic heterocycles. The molecule has 2 aromatic rings. The first-order chi connectivity index (χ1) is 21.0. The molecule has 45 heavy (non-hydrogen) atoms. The van der Waals surface area contributed by atoms with Crippen molar-refractivity contribution in [3.63, 3.8) is 0 Å². The minimum absolute atomic E-state index is 0.0178. The van der Waals surface area contributed by atoms with Crippen molar-refractivity contribution in [3.8, 4) is 23.0 Å². The lowest BCUT2D eigenvalue weighted by Gasteiger charge is -2.38. The fourth-order valence-corrected chi connectivity index (χ4v) is 6.22. The van der Waals surface area contributed by atoms with E-state index in [0.717, 1.165) is 31.5 Å². The van der Waals surface area contributed by atoms with Crippen molar-refractivity contribution >= 4 is 10.1 Å². The Morgan fingerprint density at radius 1 is 0.844 bits per heavy atom. The lowest BCUT2D eigenvalue weighted by atomic mass is 9.99. The molecular weight excluding hydrogens is 623 g/mol. The van der Waals surface area contributed by atoms with Crippen LogP contribution in [-0.4, -0.2) is 79.3 Å². The quantitative estimate of drug-likeness (QED) is 0.176. The molecule has 2 aliphatic heterocycles. The van der Waals surface area contributed by atoms with Gasteiger partial charge in [-0.1, -0.05) is 13.8 Å². The topological polar surface area (TPSA) is 88.5 Å². The van der Waals surface area contributed by atoms with Crippen molar-refractivity contribution < 1.29 is 49.1 Å². The van der Waals surface area contributed by atoms with Gasteiger partial charge in [0.05, 0.1) is 0 Å². The summed E-state index contributed by atoms with van der Waals surface area (Å²) in [6.07, 6.45) is 2.66. The minimum atomic E-state index is -5.85. The molecule has 0 aliphatic carbocycles. The van der Waals surface area contributed by atoms with Crippen molar-refractivity contribution in [2.75, 3.05) is 26.3 Å². The van der Waals surface area contributed by atoms with E-state index in [-0.39, 0.29) is 54.0 Å². The Bertz CT molecular complexity index is 1400. The lowest BCUT2D eigenvalue weighted by molar-refractivity contribution is -0.0500. The average Bonchev–Trinajstić information content (AvgIpc) is 2.97. The fourth-order valence-electron chi connectivity index (χ4n) is 5.73. The van der Waals surface area contributed by atoms with Gasteiger partial charge in [0.1, 0.15) is 24.7 Å². The second-order valence-corrected chi connectivity index (χ2v) is 13.2. The molecule has 2 heterocycles. The summed E-state index contributed by atoms with van der Waals surface area (Å²) >= 11 is 0. The van der Waals surface area contributed by atoms with Gasteiger partial charge < -0.3 is 18.8 Å². The van der Waals surface area contributed by atoms with Crippen LogP contribution in [0.2, 0.25) is 0 Å². The number of aromatic hydroxyl groups is 1. The van der Waals surface area contributed by atoms with Crippen LogP contribution < -0.4 is 13.7 Å². The zero-order chi connectivity index (χ0) is 33.7. The summed E-state index contributed by atoms with van der Waals surface area (Å²) in [5.41, 5.74) is -5.00. The first kappa shape index (κ1) is 36.6. The molecule has 4 rings (SSSR count). The zero-order valence-electron chi connectivity index (χ0n) is 26.5. The van der Waals surface area contributed by atoms with E-state index in [0.29, 0.717) is 31.2 Å². The summed E-state index contributed by atoms with van der Waals surface area (Å²) in [6, 6.07) is 4.85. The van der Waals surface area contributed by atoms with Crippen LogP contribution in [0.3, 0.4) is 0 Å². The van der Waals surface area contributed by atoms with E-state index in [4.69, 9.17) is 9.47 Å². The number of ether oxygens (including phenoxy) is 2. The van der Waals surface area contributed by atoms with Crippen molar-refractivity contribution in [3.05, 3.63) is 47.0 Å². The molecule has 254 valence electrons. The number of hydrogen-bond acceptors (Lipinski definition) is 8. The lowest BCUT2D eigenvalue weighted by Crippen LogP contribution is -2.47. The van der Waals surface area contributed by atoms with E-state index in [2.05, 4.69) is 34.8 Å². The molecule has 0 radical (unpaired) electrons. The predicted octanol–water partition coefficient (Wildman–Crippen LogP) is 6.43. The maximum atomic E-state index is 14.0. The minimum Gasteiger partial charge on any atom is -0.508 e. The second-order valence-electron chi connectivity index (χ2n) is 11.7. The summed E-state index contributed by atoms with van der Waals surface area (Å²) in [5, 5.41) is 9.88. The Hall–Kier alpha value is -2.84. The number of benzene rings is 2. The molecule has 0 spiro atoms. The van der Waals surface area contributed by atoms with Crippen LogP contribution in [0, 0.1) is 11.6 Å². The normalized spacial score (nSPS) is 18.2. The zero-order valence-corrected chi connectivity index (χ0v) is 27.3. The van der Waals surface area contributed by atoms with Crippen LogP contribution >= 0.6 is 0 Å². The van der Waals surface area contributed by atoms with E-state index < -0.39 is 33.0 Å². The molecule has 2 aliphatic rings. The van der Waals surface area contributed by atoms with Crippen molar-refractivity contribution in [2.45, 2.75) is 96.9 Å². The van der Waals surface area contributed by atoms with Crippen LogP contribution in [-0.2, 0) is 23.0 Å². The van der Waals surface area contributed by atoms with Crippen LogP contribution in [0.25, 0.3) is 0 Å². The number of phenols is 1. The number of fused-ring (bicyclic) bond motifs is 2. The first-order valence-electron chi connectivity index (χ1n) is 15.1. The molecule has 1 N–H and O–H groups in total. The third-order valence-corrected chi connectivity index (χ3v) is 8.75. The molecule has 0 bridgehead atoms. The molecular formula is C31H43F5N2O6S. The Kier molecular flexibility index (Phi) is 12.3. The van der Waals surface area contributed by atoms with Gasteiger partial charge in [-0.25, -0.2) is 8.78 Å². The number of phenolic OH excluding ortho intramolecular Hbond substituents is 1. The van der Waals surface area contributed by atoms with E-state index in [1.165, 1.54) is 12.1 Å². The van der Waals surface area contributed by atoms with E-state index in [1.807, 2.05) is 20.8 Å². The molecule has 0 amide bonds. The molecule has 0 fully saturated rings. The highest BCUT2D eigenvalue weighted by molar-refractivity contribution is 7.88. The molecule has 0 saturated carbocycles. The number of halogens is 5. The fraction of sp³-hybridized carbons (Fsp3) is 0.613. The maximum absolute atomic E-state index is 14.0. The Morgan fingerprint density at radius 2 is 1.29 bits per heavy atom. The van der Waals surface area contributed by atoms with Gasteiger partial charge in [-0.2, -0.15) is 21.6 Å². The van der Waals surface area contributed by atoms with E-state index in [9.17, 15) is 35.5 Å². The summed E-state index contributed by atoms with van der Waals surface area (Å²) in [5.74, 6) is -1.66. The van der Waals surface area contributed by atoms with Crippen molar-refractivity contribution in [2.24, 2.45) is 0 Å². The standard InChI is InChI=1S/C16H21F4NO4S.C15H22FNO2/c1-4-7-21(10(2)3)11-8-12-14(25-26(22,23)16(18,19)20)6-5-13(17)15(12)24-9-11;1-4-7-17(10(2)3)11-8-12-14(18)6-5-13(16)15(12)19-9-11/h5-6,10-11H,4,7-9H2,1-3H3;5-6,10-11,18H,4,7-9H2,1-3H3/t2*11-/m11/s1. The number of rotatable bonds is 10. The van der Waals surface area contributed by atoms with Gasteiger partial charge in [-0.05, 0) is 90.7 Å². The van der Waals surface area contributed by atoms with E-state index in [1.54, 1.807) is 0 Å². The highest BCUT2D eigenvalue weighted by Crippen LogP contribution is 2.39. The second kappa shape index (κ2) is 15.2. The van der Waals surface area contributed by atoms with Gasteiger partial charge in [-0.15, -0.1) is 0 Å². The van der Waals surface area contributed by atoms with Crippen molar-refractivity contribution in [1.82, 2.24) is 9.80 Å². The maximum Gasteiger partial charge on any atom is 0.534 e.